The number of amides is 4. The number of benzene rings is 4. The highest BCUT2D eigenvalue weighted by Gasteiger charge is 2.77. The number of rotatable bonds is 6. The zero-order chi connectivity index (χ0) is 36.7. The molecule has 0 aromatic heterocycles. The number of hydrogen-bond donors (Lipinski definition) is 2. The third-order valence-electron chi connectivity index (χ3n) is 10.7. The van der Waals surface area contributed by atoms with Gasteiger partial charge in [0.2, 0.25) is 11.8 Å². The Kier molecular flexibility index (Phi) is 8.24. The van der Waals surface area contributed by atoms with Crippen LogP contribution in [0.3, 0.4) is 0 Å². The number of halogens is 4. The summed E-state index contributed by atoms with van der Waals surface area (Å²) in [5.41, 5.74) is 2.70. The maximum absolute atomic E-state index is 14.6. The second kappa shape index (κ2) is 12.5. The van der Waals surface area contributed by atoms with Gasteiger partial charge in [0.15, 0.2) is 21.2 Å². The molecule has 4 amide bonds. The summed E-state index contributed by atoms with van der Waals surface area (Å²) < 4.78 is 19.9. The fourth-order valence-corrected chi connectivity index (χ4v) is 9.73. The van der Waals surface area contributed by atoms with Gasteiger partial charge in [-0.05, 0) is 91.6 Å². The maximum Gasteiger partial charge on any atom is 0.258 e. The molecule has 4 aliphatic rings. The molecule has 4 aromatic carbocycles. The highest BCUT2D eigenvalue weighted by molar-refractivity contribution is 9.10. The monoisotopic (exact) mass is 803 g/mol. The number of carbonyl (C=O) groups excluding carboxylic acids is 4. The first-order valence-corrected chi connectivity index (χ1v) is 18.0. The van der Waals surface area contributed by atoms with Crippen molar-refractivity contribution in [3.05, 3.63) is 118 Å². The van der Waals surface area contributed by atoms with E-state index in [1.54, 1.807) is 36.4 Å². The molecular formula is C39H29BrCl2FN3O6. The number of hydrogen-bond acceptors (Lipinski definition) is 7. The number of nitrogens with one attached hydrogen (secondary N) is 1. The van der Waals surface area contributed by atoms with Gasteiger partial charge in [-0.2, -0.15) is 0 Å². The van der Waals surface area contributed by atoms with E-state index in [1.807, 2.05) is 30.3 Å². The number of imide groups is 2. The van der Waals surface area contributed by atoms with Gasteiger partial charge < -0.3 is 15.2 Å². The minimum absolute atomic E-state index is 0.0546. The summed E-state index contributed by atoms with van der Waals surface area (Å²) in [6, 6.07) is 24.3. The van der Waals surface area contributed by atoms with Gasteiger partial charge in [0, 0.05) is 27.3 Å². The van der Waals surface area contributed by atoms with Crippen molar-refractivity contribution in [3.63, 3.8) is 0 Å². The Morgan fingerprint density at radius 2 is 1.48 bits per heavy atom. The summed E-state index contributed by atoms with van der Waals surface area (Å²) in [5, 5.41) is 14.9. The Balaban J connectivity index is 1.23. The lowest BCUT2D eigenvalue weighted by molar-refractivity contribution is -0.125. The van der Waals surface area contributed by atoms with Gasteiger partial charge in [0.05, 0.1) is 30.3 Å². The molecule has 3 fully saturated rings. The number of allylic oxidation sites excluding steroid dienone is 2. The van der Waals surface area contributed by atoms with Crippen LogP contribution in [0.15, 0.2) is 107 Å². The van der Waals surface area contributed by atoms with Crippen LogP contribution in [0, 0.1) is 23.6 Å². The lowest BCUT2D eigenvalue weighted by Gasteiger charge is -2.50. The van der Waals surface area contributed by atoms with Crippen molar-refractivity contribution in [2.45, 2.75) is 28.5 Å². The molecule has 2 aliphatic carbocycles. The molecule has 2 heterocycles. The first kappa shape index (κ1) is 34.4. The van der Waals surface area contributed by atoms with Crippen LogP contribution in [-0.4, -0.2) is 45.6 Å². The molecule has 264 valence electrons. The molecule has 9 nitrogen and oxygen atoms in total. The fourth-order valence-electron chi connectivity index (χ4n) is 8.35. The van der Waals surface area contributed by atoms with Gasteiger partial charge in [0.25, 0.3) is 11.8 Å². The predicted octanol–water partition coefficient (Wildman–Crippen LogP) is 7.81. The molecule has 13 heteroatoms. The van der Waals surface area contributed by atoms with E-state index in [1.165, 1.54) is 30.2 Å². The van der Waals surface area contributed by atoms with Crippen molar-refractivity contribution < 1.29 is 33.4 Å². The number of carbonyl (C=O) groups is 4. The van der Waals surface area contributed by atoms with Crippen LogP contribution in [0.1, 0.15) is 24.3 Å². The minimum Gasteiger partial charge on any atom is -0.504 e. The summed E-state index contributed by atoms with van der Waals surface area (Å²) in [6.45, 7) is 0. The number of para-hydroxylation sites is 1. The molecule has 8 rings (SSSR count). The molecule has 0 spiro atoms. The Morgan fingerprint density at radius 1 is 0.846 bits per heavy atom. The van der Waals surface area contributed by atoms with Gasteiger partial charge in [0.1, 0.15) is 5.82 Å². The van der Waals surface area contributed by atoms with Crippen molar-refractivity contribution >= 4 is 85.5 Å². The molecule has 2 aliphatic heterocycles. The van der Waals surface area contributed by atoms with E-state index in [9.17, 15) is 28.7 Å². The summed E-state index contributed by atoms with van der Waals surface area (Å²) in [7, 11) is 1.36. The summed E-state index contributed by atoms with van der Waals surface area (Å²) in [6.07, 6.45) is 1.66. The van der Waals surface area contributed by atoms with Crippen molar-refractivity contribution in [3.8, 4) is 11.5 Å². The van der Waals surface area contributed by atoms with Crippen LogP contribution in [0.4, 0.5) is 27.1 Å². The Labute approximate surface area is 316 Å². The molecule has 0 unspecified atom stereocenters. The quantitative estimate of drug-likeness (QED) is 0.116. The average molecular weight is 805 g/mol. The van der Waals surface area contributed by atoms with Gasteiger partial charge in [-0.25, -0.2) is 9.29 Å². The molecule has 0 radical (unpaired) electrons. The van der Waals surface area contributed by atoms with E-state index in [-0.39, 0.29) is 35.6 Å². The Bertz CT molecular complexity index is 2200. The van der Waals surface area contributed by atoms with E-state index in [2.05, 4.69) is 21.2 Å². The molecule has 4 aromatic rings. The third kappa shape index (κ3) is 4.93. The summed E-state index contributed by atoms with van der Waals surface area (Å²) in [5.74, 6) is -7.26. The lowest BCUT2D eigenvalue weighted by Crippen LogP contribution is -2.60. The molecule has 1 saturated carbocycles. The second-order valence-electron chi connectivity index (χ2n) is 13.3. The molecule has 52 heavy (non-hydrogen) atoms. The van der Waals surface area contributed by atoms with Gasteiger partial charge in [-0.15, -0.1) is 23.2 Å². The van der Waals surface area contributed by atoms with Crippen LogP contribution in [0.25, 0.3) is 0 Å². The zero-order valence-electron chi connectivity index (χ0n) is 27.4. The predicted molar refractivity (Wildman–Crippen MR) is 198 cm³/mol. The third-order valence-corrected chi connectivity index (χ3v) is 12.6. The largest absolute Gasteiger partial charge is 0.504 e. The van der Waals surface area contributed by atoms with Gasteiger partial charge in [-0.3, -0.25) is 24.1 Å². The number of anilines is 4. The van der Waals surface area contributed by atoms with Gasteiger partial charge in [-0.1, -0.05) is 45.8 Å². The lowest BCUT2D eigenvalue weighted by atomic mass is 9.56. The number of nitrogens with zero attached hydrogens (tertiary/aromatic N) is 2. The number of phenols is 1. The van der Waals surface area contributed by atoms with Crippen LogP contribution in [0.5, 0.6) is 11.5 Å². The maximum atomic E-state index is 14.6. The molecule has 2 N–H and O–H groups in total. The van der Waals surface area contributed by atoms with Crippen molar-refractivity contribution in [2.24, 2.45) is 17.8 Å². The molecule has 6 atom stereocenters. The average Bonchev–Trinajstić information content (AvgIpc) is 3.48. The van der Waals surface area contributed by atoms with Crippen molar-refractivity contribution in [1.29, 1.82) is 0 Å². The zero-order valence-corrected chi connectivity index (χ0v) is 30.5. The Hall–Kier alpha value is -4.71. The summed E-state index contributed by atoms with van der Waals surface area (Å²) in [4.78, 5) is 55.3. The number of fused-ring (bicyclic) bond motifs is 4. The fraction of sp³-hybridized carbons (Fsp3) is 0.231. The van der Waals surface area contributed by atoms with Crippen LogP contribution >= 0.6 is 39.1 Å². The minimum atomic E-state index is -2.22. The highest BCUT2D eigenvalue weighted by Crippen LogP contribution is 2.67. The van der Waals surface area contributed by atoms with E-state index < -0.39 is 62.9 Å². The normalized spacial score (nSPS) is 28.0. The van der Waals surface area contributed by atoms with Crippen LogP contribution < -0.4 is 19.9 Å². The number of phenolic OH excluding ortho intramolecular Hbond substituents is 1. The second-order valence-corrected chi connectivity index (χ2v) is 15.5. The number of aromatic hydroxyl groups is 1. The topological polar surface area (TPSA) is 116 Å². The van der Waals surface area contributed by atoms with Crippen molar-refractivity contribution in [2.75, 3.05) is 22.2 Å². The first-order chi connectivity index (χ1) is 24.9. The SMILES string of the molecule is COc1cc(Br)cc([C@H]2C3=CC[C@@H]4C(=O)N(c5ccc(Nc6ccccc6)cc5)C(=O)[C@@H]4[C@@H]3C[C@@]3(Cl)C(=O)N(c4ccc(F)cc4)C(=O)[C@@]23Cl)c1O. The molecular weight excluding hydrogens is 776 g/mol. The van der Waals surface area contributed by atoms with E-state index in [0.29, 0.717) is 15.7 Å². The van der Waals surface area contributed by atoms with Crippen molar-refractivity contribution in [1.82, 2.24) is 0 Å². The number of ether oxygens (including phenoxy) is 1. The molecule has 2 saturated heterocycles. The first-order valence-electron chi connectivity index (χ1n) is 16.5. The standard InChI is InChI=1S/C39H29BrCl2FN3O6/c1-52-30-18-20(40)17-28(33(30)47)32-26-15-16-27-31(35(49)45(34(27)48)24-13-9-23(10-14-24)44-22-5-3-2-4-6-22)29(26)19-38(41)36(50)46(37(51)39(32,38)42)25-11-7-21(43)8-12-25/h2-15,17-18,27,29,31-32,44,47H,16,19H2,1H3/t27-,29+,31-,32+,38+,39-/m0/s1. The summed E-state index contributed by atoms with van der Waals surface area (Å²) >= 11 is 18.3. The molecule has 0 bridgehead atoms. The highest BCUT2D eigenvalue weighted by atomic mass is 79.9. The van der Waals surface area contributed by atoms with Crippen LogP contribution in [0.2, 0.25) is 0 Å². The van der Waals surface area contributed by atoms with E-state index >= 15 is 0 Å². The Morgan fingerprint density at radius 3 is 2.15 bits per heavy atom. The number of methoxy groups -OCH3 is 1. The number of alkyl halides is 2. The smallest absolute Gasteiger partial charge is 0.258 e. The van der Waals surface area contributed by atoms with E-state index in [4.69, 9.17) is 27.9 Å². The van der Waals surface area contributed by atoms with Gasteiger partial charge >= 0.3 is 0 Å². The van der Waals surface area contributed by atoms with Crippen LogP contribution in [-0.2, 0) is 19.2 Å². The van der Waals surface area contributed by atoms with E-state index in [0.717, 1.165) is 28.4 Å².